The first-order chi connectivity index (χ1) is 19.9. The van der Waals surface area contributed by atoms with Gasteiger partial charge in [-0.3, -0.25) is 29.0 Å². The van der Waals surface area contributed by atoms with Gasteiger partial charge in [0.15, 0.2) is 13.5 Å². The molecule has 4 rings (SSSR count). The summed E-state index contributed by atoms with van der Waals surface area (Å²) >= 11 is 0. The van der Waals surface area contributed by atoms with Gasteiger partial charge in [0, 0.05) is 12.1 Å². The molecule has 12 heteroatoms. The van der Waals surface area contributed by atoms with E-state index in [0.29, 0.717) is 11.1 Å². The number of aryl methyl sites for hydroxylation is 2. The van der Waals surface area contributed by atoms with Gasteiger partial charge >= 0.3 is 11.9 Å². The predicted octanol–water partition coefficient (Wildman–Crippen LogP) is 1.35. The molecule has 2 heterocycles. The molecular formula is C30H34N4O8. The highest BCUT2D eigenvalue weighted by Gasteiger charge is 2.40. The Labute approximate surface area is 243 Å². The van der Waals surface area contributed by atoms with Gasteiger partial charge in [0.1, 0.15) is 0 Å². The van der Waals surface area contributed by atoms with E-state index in [1.807, 2.05) is 39.8 Å². The number of piperazine rings is 2. The normalized spacial score (nSPS) is 18.2. The highest BCUT2D eigenvalue weighted by molar-refractivity contribution is 6.00. The summed E-state index contributed by atoms with van der Waals surface area (Å²) in [6, 6.07) is 12.8. The number of nitrogens with zero attached hydrogens (tertiary/aromatic N) is 4. The van der Waals surface area contributed by atoms with Crippen LogP contribution in [0.15, 0.2) is 48.5 Å². The van der Waals surface area contributed by atoms with Crippen LogP contribution in [0, 0.1) is 13.8 Å². The predicted molar refractivity (Wildman–Crippen MR) is 149 cm³/mol. The number of ether oxygens (including phenoxy) is 2. The second kappa shape index (κ2) is 13.0. The lowest BCUT2D eigenvalue weighted by Crippen LogP contribution is -2.63. The van der Waals surface area contributed by atoms with E-state index in [9.17, 15) is 28.8 Å². The number of benzene rings is 2. The van der Waals surface area contributed by atoms with Crippen molar-refractivity contribution >= 4 is 35.6 Å². The zero-order chi connectivity index (χ0) is 30.6. The third-order valence-corrected chi connectivity index (χ3v) is 7.56. The maximum absolute atomic E-state index is 12.8. The number of amides is 4. The Morgan fingerprint density at radius 1 is 0.643 bits per heavy atom. The Balaban J connectivity index is 1.28. The first kappa shape index (κ1) is 30.5. The molecule has 0 aromatic heterocycles. The molecule has 0 spiro atoms. The Bertz CT molecular complexity index is 1270. The monoisotopic (exact) mass is 578 g/mol. The number of imide groups is 2. The summed E-state index contributed by atoms with van der Waals surface area (Å²) in [5, 5.41) is 0. The third-order valence-electron chi connectivity index (χ3n) is 7.56. The van der Waals surface area contributed by atoms with Gasteiger partial charge in [-0.1, -0.05) is 35.4 Å². The van der Waals surface area contributed by atoms with Crippen molar-refractivity contribution < 1.29 is 38.2 Å². The van der Waals surface area contributed by atoms with Gasteiger partial charge in [0.25, 0.3) is 0 Å². The maximum atomic E-state index is 12.8. The molecule has 0 bridgehead atoms. The average Bonchev–Trinajstić information content (AvgIpc) is 2.95. The summed E-state index contributed by atoms with van der Waals surface area (Å²) in [6.45, 7) is 5.91. The average molecular weight is 579 g/mol. The SMILES string of the molecule is Cc1cccc(C(=O)OCN2C(=O)CN(C(C)C(C)N3CC(=O)N(COC(=O)c4cccc(C)c4)C(=O)C3)CC2=O)c1. The molecule has 0 radical (unpaired) electrons. The van der Waals surface area contributed by atoms with Gasteiger partial charge in [0.2, 0.25) is 23.6 Å². The van der Waals surface area contributed by atoms with Crippen molar-refractivity contribution in [1.29, 1.82) is 0 Å². The van der Waals surface area contributed by atoms with Crippen molar-refractivity contribution in [3.8, 4) is 0 Å². The minimum Gasteiger partial charge on any atom is -0.440 e. The second-order valence-electron chi connectivity index (χ2n) is 10.6. The van der Waals surface area contributed by atoms with Crippen molar-refractivity contribution in [3.05, 3.63) is 70.8 Å². The van der Waals surface area contributed by atoms with E-state index in [2.05, 4.69) is 0 Å². The highest BCUT2D eigenvalue weighted by Crippen LogP contribution is 2.18. The van der Waals surface area contributed by atoms with Gasteiger partial charge < -0.3 is 9.47 Å². The molecule has 4 amide bonds. The Hall–Kier alpha value is -4.42. The summed E-state index contributed by atoms with van der Waals surface area (Å²) in [4.78, 5) is 81.1. The molecular weight excluding hydrogens is 544 g/mol. The molecule has 42 heavy (non-hydrogen) atoms. The topological polar surface area (TPSA) is 134 Å². The first-order valence-electron chi connectivity index (χ1n) is 13.6. The van der Waals surface area contributed by atoms with E-state index in [4.69, 9.17) is 9.47 Å². The zero-order valence-electron chi connectivity index (χ0n) is 24.1. The van der Waals surface area contributed by atoms with Crippen molar-refractivity contribution in [1.82, 2.24) is 19.6 Å². The summed E-state index contributed by atoms with van der Waals surface area (Å²) in [5.41, 5.74) is 2.40. The standard InChI is InChI=1S/C30H34N4O8/c1-19-7-5-9-23(11-19)29(39)41-17-33-25(35)13-31(14-26(33)36)21(3)22(4)32-15-27(37)34(28(38)16-32)18-42-30(40)24-10-6-8-20(2)12-24/h5-12,21-22H,13-18H2,1-4H3. The molecule has 2 aliphatic rings. The lowest BCUT2D eigenvalue weighted by atomic mass is 10.1. The number of hydrogen-bond donors (Lipinski definition) is 0. The van der Waals surface area contributed by atoms with Crippen LogP contribution in [0.5, 0.6) is 0 Å². The van der Waals surface area contributed by atoms with E-state index in [-0.39, 0.29) is 38.3 Å². The molecule has 222 valence electrons. The number of esters is 2. The number of hydrogen-bond acceptors (Lipinski definition) is 10. The molecule has 2 saturated heterocycles. The largest absolute Gasteiger partial charge is 0.440 e. The summed E-state index contributed by atoms with van der Waals surface area (Å²) in [7, 11) is 0. The molecule has 2 aromatic carbocycles. The molecule has 0 saturated carbocycles. The van der Waals surface area contributed by atoms with Gasteiger partial charge in [-0.2, -0.15) is 0 Å². The Morgan fingerprint density at radius 2 is 0.976 bits per heavy atom. The molecule has 0 N–H and O–H groups in total. The van der Waals surface area contributed by atoms with E-state index >= 15 is 0 Å². The van der Waals surface area contributed by atoms with Crippen LogP contribution in [0.4, 0.5) is 0 Å². The Kier molecular flexibility index (Phi) is 9.48. The highest BCUT2D eigenvalue weighted by atomic mass is 16.6. The van der Waals surface area contributed by atoms with Crippen molar-refractivity contribution in [2.24, 2.45) is 0 Å². The Morgan fingerprint density at radius 3 is 1.29 bits per heavy atom. The third kappa shape index (κ3) is 7.07. The summed E-state index contributed by atoms with van der Waals surface area (Å²) in [6.07, 6.45) is 0. The van der Waals surface area contributed by atoms with Gasteiger partial charge in [-0.05, 0) is 52.0 Å². The molecule has 0 aliphatic carbocycles. The summed E-state index contributed by atoms with van der Waals surface area (Å²) in [5.74, 6) is -3.35. The quantitative estimate of drug-likeness (QED) is 0.317. The fourth-order valence-corrected chi connectivity index (χ4v) is 4.86. The molecule has 12 nitrogen and oxygen atoms in total. The number of carbonyl (C=O) groups excluding carboxylic acids is 6. The summed E-state index contributed by atoms with van der Waals surface area (Å²) < 4.78 is 10.4. The lowest BCUT2D eigenvalue weighted by Gasteiger charge is -2.43. The lowest BCUT2D eigenvalue weighted by molar-refractivity contribution is -0.161. The van der Waals surface area contributed by atoms with E-state index in [1.165, 1.54) is 0 Å². The van der Waals surface area contributed by atoms with Gasteiger partial charge in [0.05, 0.1) is 37.3 Å². The minimum absolute atomic E-state index is 0.101. The van der Waals surface area contributed by atoms with Crippen LogP contribution < -0.4 is 0 Å². The number of carbonyl (C=O) groups is 6. The second-order valence-corrected chi connectivity index (χ2v) is 10.6. The van der Waals surface area contributed by atoms with Crippen LogP contribution in [0.3, 0.4) is 0 Å². The fourth-order valence-electron chi connectivity index (χ4n) is 4.86. The van der Waals surface area contributed by atoms with Crippen LogP contribution in [0.2, 0.25) is 0 Å². The van der Waals surface area contributed by atoms with Gasteiger partial charge in [-0.15, -0.1) is 0 Å². The molecule has 2 fully saturated rings. The van der Waals surface area contributed by atoms with Crippen LogP contribution in [-0.4, -0.2) is 107 Å². The molecule has 2 atom stereocenters. The van der Waals surface area contributed by atoms with Crippen molar-refractivity contribution in [3.63, 3.8) is 0 Å². The van der Waals surface area contributed by atoms with Crippen molar-refractivity contribution in [2.75, 3.05) is 39.6 Å². The van der Waals surface area contributed by atoms with Crippen LogP contribution in [0.25, 0.3) is 0 Å². The van der Waals surface area contributed by atoms with E-state index in [0.717, 1.165) is 20.9 Å². The molecule has 2 aliphatic heterocycles. The van der Waals surface area contributed by atoms with Gasteiger partial charge in [-0.25, -0.2) is 19.4 Å². The molecule has 2 unspecified atom stereocenters. The van der Waals surface area contributed by atoms with Crippen LogP contribution >= 0.6 is 0 Å². The van der Waals surface area contributed by atoms with Crippen molar-refractivity contribution in [2.45, 2.75) is 39.8 Å². The van der Waals surface area contributed by atoms with Crippen LogP contribution in [0.1, 0.15) is 45.7 Å². The zero-order valence-corrected chi connectivity index (χ0v) is 24.1. The smallest absolute Gasteiger partial charge is 0.339 e. The van der Waals surface area contributed by atoms with E-state index < -0.39 is 49.0 Å². The number of rotatable bonds is 9. The maximum Gasteiger partial charge on any atom is 0.339 e. The fraction of sp³-hybridized carbons (Fsp3) is 0.400. The molecule has 2 aromatic rings. The minimum atomic E-state index is -0.637. The van der Waals surface area contributed by atoms with Crippen LogP contribution in [-0.2, 0) is 28.7 Å². The first-order valence-corrected chi connectivity index (χ1v) is 13.6. The van der Waals surface area contributed by atoms with E-state index in [1.54, 1.807) is 46.2 Å².